The molecule has 0 aromatic heterocycles. The van der Waals surface area contributed by atoms with E-state index in [1.807, 2.05) is 11.8 Å². The summed E-state index contributed by atoms with van der Waals surface area (Å²) in [5.74, 6) is -0.684. The average molecular weight is 445 g/mol. The van der Waals surface area contributed by atoms with E-state index >= 15 is 0 Å². The molecule has 2 aromatic carbocycles. The zero-order valence-corrected chi connectivity index (χ0v) is 18.4. The number of rotatable bonds is 6. The van der Waals surface area contributed by atoms with Crippen molar-refractivity contribution in [2.75, 3.05) is 26.7 Å². The molecule has 7 heteroatoms. The molecule has 3 rings (SSSR count). The second-order valence-electron chi connectivity index (χ2n) is 7.67. The predicted molar refractivity (Wildman–Crippen MR) is 119 cm³/mol. The lowest BCUT2D eigenvalue weighted by Gasteiger charge is -2.39. The van der Waals surface area contributed by atoms with Crippen LogP contribution in [0.5, 0.6) is 0 Å². The van der Waals surface area contributed by atoms with Crippen LogP contribution in [0.2, 0.25) is 5.02 Å². The Morgan fingerprint density at radius 2 is 1.94 bits per heavy atom. The smallest absolute Gasteiger partial charge is 0.310 e. The van der Waals surface area contributed by atoms with Gasteiger partial charge in [0.2, 0.25) is 5.91 Å². The maximum Gasteiger partial charge on any atom is 0.310 e. The third-order valence-corrected chi connectivity index (χ3v) is 5.62. The number of halogens is 2. The molecule has 0 aliphatic carbocycles. The minimum atomic E-state index is -0.367. The summed E-state index contributed by atoms with van der Waals surface area (Å²) >= 11 is 6.05. The topological polar surface area (TPSA) is 49.9 Å². The Morgan fingerprint density at radius 1 is 1.19 bits per heavy atom. The molecule has 2 aromatic rings. The molecular formula is C24H26ClFN2O3. The van der Waals surface area contributed by atoms with Crippen LogP contribution in [0.1, 0.15) is 23.6 Å². The molecule has 31 heavy (non-hydrogen) atoms. The van der Waals surface area contributed by atoms with E-state index in [-0.39, 0.29) is 30.2 Å². The minimum absolute atomic E-state index is 0.0473. The number of carbonyl (C=O) groups is 2. The molecule has 164 valence electrons. The standard InChI is InChI=1S/C24H26ClFN2O3/c1-17-15-27(16-18-3-8-22(26)9-4-18)11-12-28(17)23(29)10-6-19-5-7-21(25)13-20(19)14-24(30)31-2/h3-10,13,17H,11-12,14-16H2,1-2H3/b10-6+. The van der Waals surface area contributed by atoms with E-state index in [9.17, 15) is 14.0 Å². The van der Waals surface area contributed by atoms with Gasteiger partial charge < -0.3 is 9.64 Å². The van der Waals surface area contributed by atoms with E-state index in [1.165, 1.54) is 25.3 Å². The molecule has 5 nitrogen and oxygen atoms in total. The lowest BCUT2D eigenvalue weighted by atomic mass is 10.0. The summed E-state index contributed by atoms with van der Waals surface area (Å²) in [5.41, 5.74) is 2.51. The number of piperazine rings is 1. The fourth-order valence-electron chi connectivity index (χ4n) is 3.73. The number of esters is 1. The van der Waals surface area contributed by atoms with Crippen molar-refractivity contribution in [3.8, 4) is 0 Å². The van der Waals surface area contributed by atoms with Gasteiger partial charge >= 0.3 is 5.97 Å². The number of amides is 1. The van der Waals surface area contributed by atoms with E-state index in [0.717, 1.165) is 30.8 Å². The van der Waals surface area contributed by atoms with E-state index in [1.54, 1.807) is 36.4 Å². The summed E-state index contributed by atoms with van der Waals surface area (Å²) in [6.07, 6.45) is 3.34. The molecule has 1 saturated heterocycles. The maximum absolute atomic E-state index is 13.1. The summed E-state index contributed by atoms with van der Waals surface area (Å²) < 4.78 is 17.8. The van der Waals surface area contributed by atoms with Gasteiger partial charge in [0.25, 0.3) is 0 Å². The van der Waals surface area contributed by atoms with Gasteiger partial charge in [0, 0.05) is 43.3 Å². The van der Waals surface area contributed by atoms with Gasteiger partial charge in [-0.3, -0.25) is 14.5 Å². The van der Waals surface area contributed by atoms with Gasteiger partial charge in [-0.1, -0.05) is 29.8 Å². The second kappa shape index (κ2) is 10.6. The van der Waals surface area contributed by atoms with Crippen molar-refractivity contribution in [1.29, 1.82) is 0 Å². The molecule has 1 aliphatic heterocycles. The van der Waals surface area contributed by atoms with Gasteiger partial charge in [-0.15, -0.1) is 0 Å². The van der Waals surface area contributed by atoms with Crippen LogP contribution < -0.4 is 0 Å². The molecule has 1 aliphatic rings. The van der Waals surface area contributed by atoms with Crippen molar-refractivity contribution in [2.24, 2.45) is 0 Å². The van der Waals surface area contributed by atoms with Gasteiger partial charge in [0.15, 0.2) is 0 Å². The highest BCUT2D eigenvalue weighted by atomic mass is 35.5. The van der Waals surface area contributed by atoms with Crippen molar-refractivity contribution in [3.05, 3.63) is 76.1 Å². The van der Waals surface area contributed by atoms with Crippen LogP contribution in [0.3, 0.4) is 0 Å². The fourth-order valence-corrected chi connectivity index (χ4v) is 3.92. The van der Waals surface area contributed by atoms with Crippen LogP contribution >= 0.6 is 11.6 Å². The van der Waals surface area contributed by atoms with Gasteiger partial charge in [0.1, 0.15) is 5.82 Å². The van der Waals surface area contributed by atoms with Crippen LogP contribution in [0.25, 0.3) is 6.08 Å². The Balaban J connectivity index is 1.61. The first kappa shape index (κ1) is 23.0. The molecule has 0 bridgehead atoms. The van der Waals surface area contributed by atoms with Gasteiger partial charge in [-0.05, 0) is 54.0 Å². The van der Waals surface area contributed by atoms with Crippen molar-refractivity contribution in [1.82, 2.24) is 9.80 Å². The average Bonchev–Trinajstić information content (AvgIpc) is 2.74. The normalized spacial score (nSPS) is 17.2. The van der Waals surface area contributed by atoms with E-state index in [4.69, 9.17) is 16.3 Å². The van der Waals surface area contributed by atoms with Gasteiger partial charge in [-0.2, -0.15) is 0 Å². The summed E-state index contributed by atoms with van der Waals surface area (Å²) in [7, 11) is 1.34. The van der Waals surface area contributed by atoms with Crippen molar-refractivity contribution in [3.63, 3.8) is 0 Å². The monoisotopic (exact) mass is 444 g/mol. The fraction of sp³-hybridized carbons (Fsp3) is 0.333. The highest BCUT2D eigenvalue weighted by molar-refractivity contribution is 6.30. The number of nitrogens with zero attached hydrogens (tertiary/aromatic N) is 2. The Hall–Kier alpha value is -2.70. The van der Waals surface area contributed by atoms with E-state index in [2.05, 4.69) is 4.90 Å². The molecule has 0 radical (unpaired) electrons. The van der Waals surface area contributed by atoms with Crippen molar-refractivity contribution >= 4 is 29.6 Å². The molecule has 0 N–H and O–H groups in total. The van der Waals surface area contributed by atoms with Crippen LogP contribution in [0.4, 0.5) is 4.39 Å². The molecule has 1 amide bonds. The number of benzene rings is 2. The van der Waals surface area contributed by atoms with E-state index < -0.39 is 0 Å². The summed E-state index contributed by atoms with van der Waals surface area (Å²) in [6, 6.07) is 11.8. The third-order valence-electron chi connectivity index (χ3n) is 5.39. The van der Waals surface area contributed by atoms with Crippen LogP contribution in [-0.4, -0.2) is 54.5 Å². The van der Waals surface area contributed by atoms with Gasteiger partial charge in [-0.25, -0.2) is 4.39 Å². The second-order valence-corrected chi connectivity index (χ2v) is 8.11. The number of carbonyl (C=O) groups excluding carboxylic acids is 2. The Labute approximate surface area is 187 Å². The zero-order valence-electron chi connectivity index (χ0n) is 17.7. The maximum atomic E-state index is 13.1. The molecule has 0 spiro atoms. The first-order valence-corrected chi connectivity index (χ1v) is 10.5. The lowest BCUT2D eigenvalue weighted by Crippen LogP contribution is -2.53. The van der Waals surface area contributed by atoms with Crippen LogP contribution in [0.15, 0.2) is 48.5 Å². The Morgan fingerprint density at radius 3 is 2.61 bits per heavy atom. The van der Waals surface area contributed by atoms with Crippen molar-refractivity contribution < 1.29 is 18.7 Å². The van der Waals surface area contributed by atoms with Crippen LogP contribution in [0, 0.1) is 5.82 Å². The van der Waals surface area contributed by atoms with Crippen molar-refractivity contribution in [2.45, 2.75) is 25.9 Å². The minimum Gasteiger partial charge on any atom is -0.469 e. The number of ether oxygens (including phenoxy) is 1. The lowest BCUT2D eigenvalue weighted by molar-refractivity contribution is -0.139. The number of hydrogen-bond acceptors (Lipinski definition) is 4. The molecular weight excluding hydrogens is 419 g/mol. The highest BCUT2D eigenvalue weighted by Gasteiger charge is 2.26. The Bertz CT molecular complexity index is 962. The first-order chi connectivity index (χ1) is 14.9. The highest BCUT2D eigenvalue weighted by Crippen LogP contribution is 2.20. The number of methoxy groups -OCH3 is 1. The first-order valence-electron chi connectivity index (χ1n) is 10.2. The molecule has 1 unspecified atom stereocenters. The SMILES string of the molecule is COC(=O)Cc1cc(Cl)ccc1/C=C/C(=O)N1CCN(Cc2ccc(F)cc2)CC1C. The van der Waals surface area contributed by atoms with Gasteiger partial charge in [0.05, 0.1) is 13.5 Å². The summed E-state index contributed by atoms with van der Waals surface area (Å²) in [4.78, 5) is 28.6. The predicted octanol–water partition coefficient (Wildman–Crippen LogP) is 3.94. The molecule has 1 atom stereocenters. The number of hydrogen-bond donors (Lipinski definition) is 0. The molecule has 0 saturated carbocycles. The van der Waals surface area contributed by atoms with E-state index in [0.29, 0.717) is 17.1 Å². The zero-order chi connectivity index (χ0) is 22.4. The largest absolute Gasteiger partial charge is 0.469 e. The molecule has 1 fully saturated rings. The Kier molecular flexibility index (Phi) is 7.82. The van der Waals surface area contributed by atoms with Crippen LogP contribution in [-0.2, 0) is 27.3 Å². The summed E-state index contributed by atoms with van der Waals surface area (Å²) in [6.45, 7) is 4.85. The molecule has 1 heterocycles. The third kappa shape index (κ3) is 6.39. The quantitative estimate of drug-likeness (QED) is 0.500. The summed E-state index contributed by atoms with van der Waals surface area (Å²) in [5, 5.41) is 0.522.